The van der Waals surface area contributed by atoms with E-state index in [1.165, 1.54) is 16.9 Å². The lowest BCUT2D eigenvalue weighted by Gasteiger charge is -2.15. The van der Waals surface area contributed by atoms with E-state index in [1.807, 2.05) is 54.3 Å². The molecule has 3 aromatic rings. The first-order chi connectivity index (χ1) is 12.4. The fourth-order valence-electron chi connectivity index (χ4n) is 2.64. The summed E-state index contributed by atoms with van der Waals surface area (Å²) in [6, 6.07) is 8.20. The van der Waals surface area contributed by atoms with Gasteiger partial charge in [0.1, 0.15) is 0 Å². The Bertz CT molecular complexity index is 897. The normalized spacial score (nSPS) is 11.1. The standard InChI is InChI=1S/C19H23N5OS/c1-13-5-7-15(8-6-13)17-12-26-19(21-17)22-18(25)11-23(3)10-16-9-20-24(4)14(16)2/h5-9,12H,10-11H2,1-4H3,(H,21,22,25). The van der Waals surface area contributed by atoms with Crippen LogP contribution in [0.1, 0.15) is 16.8 Å². The first-order valence-electron chi connectivity index (χ1n) is 8.41. The Kier molecular flexibility index (Phi) is 5.49. The van der Waals surface area contributed by atoms with Crippen LogP contribution in [0.2, 0.25) is 0 Å². The van der Waals surface area contributed by atoms with Crippen molar-refractivity contribution in [2.24, 2.45) is 7.05 Å². The van der Waals surface area contributed by atoms with Crippen molar-refractivity contribution in [2.75, 3.05) is 18.9 Å². The Morgan fingerprint density at radius 2 is 2.00 bits per heavy atom. The number of carbonyl (C=O) groups is 1. The minimum Gasteiger partial charge on any atom is -0.301 e. The van der Waals surface area contributed by atoms with E-state index in [1.54, 1.807) is 0 Å². The van der Waals surface area contributed by atoms with E-state index >= 15 is 0 Å². The molecule has 0 spiro atoms. The van der Waals surface area contributed by atoms with E-state index in [0.29, 0.717) is 18.2 Å². The lowest BCUT2D eigenvalue weighted by molar-refractivity contribution is -0.117. The lowest BCUT2D eigenvalue weighted by atomic mass is 10.1. The predicted molar refractivity (Wildman–Crippen MR) is 105 cm³/mol. The Morgan fingerprint density at radius 3 is 2.65 bits per heavy atom. The lowest BCUT2D eigenvalue weighted by Crippen LogP contribution is -2.29. The van der Waals surface area contributed by atoms with Crippen molar-refractivity contribution in [3.05, 3.63) is 52.7 Å². The molecule has 2 heterocycles. The third-order valence-corrected chi connectivity index (χ3v) is 5.05. The molecule has 0 aliphatic heterocycles. The molecule has 7 heteroatoms. The third-order valence-electron chi connectivity index (χ3n) is 4.29. The summed E-state index contributed by atoms with van der Waals surface area (Å²) in [6.07, 6.45) is 1.85. The number of rotatable bonds is 6. The highest BCUT2D eigenvalue weighted by atomic mass is 32.1. The molecule has 1 aromatic carbocycles. The van der Waals surface area contributed by atoms with Crippen LogP contribution in [0.25, 0.3) is 11.3 Å². The van der Waals surface area contributed by atoms with E-state index in [0.717, 1.165) is 22.5 Å². The minimum absolute atomic E-state index is 0.0705. The second-order valence-electron chi connectivity index (χ2n) is 6.50. The number of likely N-dealkylation sites (N-methyl/N-ethyl adjacent to an activating group) is 1. The predicted octanol–water partition coefficient (Wildman–Crippen LogP) is 3.23. The van der Waals surface area contributed by atoms with Crippen LogP contribution < -0.4 is 5.32 Å². The fourth-order valence-corrected chi connectivity index (χ4v) is 3.37. The molecular formula is C19H23N5OS. The van der Waals surface area contributed by atoms with Crippen LogP contribution in [0.4, 0.5) is 5.13 Å². The van der Waals surface area contributed by atoms with Gasteiger partial charge in [-0.3, -0.25) is 14.4 Å². The summed E-state index contributed by atoms with van der Waals surface area (Å²) in [7, 11) is 3.84. The van der Waals surface area contributed by atoms with Crippen LogP contribution >= 0.6 is 11.3 Å². The summed E-state index contributed by atoms with van der Waals surface area (Å²) in [5.41, 5.74) is 5.38. The molecule has 0 saturated carbocycles. The smallest absolute Gasteiger partial charge is 0.240 e. The molecule has 1 amide bonds. The summed E-state index contributed by atoms with van der Waals surface area (Å²) in [5, 5.41) is 9.70. The van der Waals surface area contributed by atoms with Crippen LogP contribution in [-0.4, -0.2) is 39.2 Å². The number of aromatic nitrogens is 3. The SMILES string of the molecule is Cc1ccc(-c2csc(NC(=O)CN(C)Cc3cnn(C)c3C)n2)cc1. The summed E-state index contributed by atoms with van der Waals surface area (Å²) >= 11 is 1.44. The highest BCUT2D eigenvalue weighted by molar-refractivity contribution is 7.14. The number of hydrogen-bond acceptors (Lipinski definition) is 5. The average Bonchev–Trinajstić information content (AvgIpc) is 3.17. The maximum Gasteiger partial charge on any atom is 0.240 e. The van der Waals surface area contributed by atoms with Gasteiger partial charge >= 0.3 is 0 Å². The number of amides is 1. The number of aryl methyl sites for hydroxylation is 2. The third kappa shape index (κ3) is 4.36. The van der Waals surface area contributed by atoms with Crippen molar-refractivity contribution in [2.45, 2.75) is 20.4 Å². The maximum atomic E-state index is 12.3. The number of hydrogen-bond donors (Lipinski definition) is 1. The Morgan fingerprint density at radius 1 is 1.27 bits per heavy atom. The largest absolute Gasteiger partial charge is 0.301 e. The van der Waals surface area contributed by atoms with Crippen molar-refractivity contribution < 1.29 is 4.79 Å². The van der Waals surface area contributed by atoms with Gasteiger partial charge in [0.2, 0.25) is 5.91 Å². The maximum absolute atomic E-state index is 12.3. The van der Waals surface area contributed by atoms with Crippen LogP contribution in [0.5, 0.6) is 0 Å². The molecule has 136 valence electrons. The summed E-state index contributed by atoms with van der Waals surface area (Å²) in [4.78, 5) is 18.8. The fraction of sp³-hybridized carbons (Fsp3) is 0.316. The molecule has 2 aromatic heterocycles. The number of carbonyl (C=O) groups excluding carboxylic acids is 1. The second-order valence-corrected chi connectivity index (χ2v) is 7.36. The first-order valence-corrected chi connectivity index (χ1v) is 9.29. The van der Waals surface area contributed by atoms with E-state index in [2.05, 4.69) is 34.5 Å². The summed E-state index contributed by atoms with van der Waals surface area (Å²) in [5.74, 6) is -0.0705. The zero-order valence-electron chi connectivity index (χ0n) is 15.5. The zero-order valence-corrected chi connectivity index (χ0v) is 16.3. The average molecular weight is 369 g/mol. The first kappa shape index (κ1) is 18.3. The van der Waals surface area contributed by atoms with Crippen molar-refractivity contribution >= 4 is 22.4 Å². The van der Waals surface area contributed by atoms with Crippen molar-refractivity contribution in [3.63, 3.8) is 0 Å². The summed E-state index contributed by atoms with van der Waals surface area (Å²) < 4.78 is 1.84. The molecule has 0 unspecified atom stereocenters. The Hall–Kier alpha value is -2.51. The van der Waals surface area contributed by atoms with E-state index in [9.17, 15) is 4.79 Å². The topological polar surface area (TPSA) is 63.1 Å². The molecule has 0 radical (unpaired) electrons. The zero-order chi connectivity index (χ0) is 18.7. The molecule has 26 heavy (non-hydrogen) atoms. The summed E-state index contributed by atoms with van der Waals surface area (Å²) in [6.45, 7) is 5.06. The van der Waals surface area contributed by atoms with E-state index < -0.39 is 0 Å². The van der Waals surface area contributed by atoms with E-state index in [-0.39, 0.29) is 5.91 Å². The number of nitrogens with zero attached hydrogens (tertiary/aromatic N) is 4. The molecule has 0 aliphatic carbocycles. The van der Waals surface area contributed by atoms with Crippen LogP contribution in [0.3, 0.4) is 0 Å². The van der Waals surface area contributed by atoms with Gasteiger partial charge in [-0.15, -0.1) is 11.3 Å². The minimum atomic E-state index is -0.0705. The van der Waals surface area contributed by atoms with Gasteiger partial charge in [0.25, 0.3) is 0 Å². The molecule has 0 saturated heterocycles. The van der Waals surface area contributed by atoms with Gasteiger partial charge in [-0.05, 0) is 20.9 Å². The van der Waals surface area contributed by atoms with Gasteiger partial charge in [-0.1, -0.05) is 29.8 Å². The van der Waals surface area contributed by atoms with Crippen molar-refractivity contribution in [1.29, 1.82) is 0 Å². The van der Waals surface area contributed by atoms with Gasteiger partial charge in [0, 0.05) is 35.8 Å². The number of anilines is 1. The van der Waals surface area contributed by atoms with Crippen molar-refractivity contribution in [1.82, 2.24) is 19.7 Å². The quantitative estimate of drug-likeness (QED) is 0.725. The van der Waals surface area contributed by atoms with Gasteiger partial charge in [0.05, 0.1) is 18.4 Å². The highest BCUT2D eigenvalue weighted by Crippen LogP contribution is 2.25. The van der Waals surface area contributed by atoms with Crippen molar-refractivity contribution in [3.8, 4) is 11.3 Å². The van der Waals surface area contributed by atoms with E-state index in [4.69, 9.17) is 0 Å². The molecule has 0 aliphatic rings. The monoisotopic (exact) mass is 369 g/mol. The Labute approximate surface area is 157 Å². The highest BCUT2D eigenvalue weighted by Gasteiger charge is 2.12. The van der Waals surface area contributed by atoms with Gasteiger partial charge in [-0.2, -0.15) is 5.10 Å². The van der Waals surface area contributed by atoms with Crippen LogP contribution in [0.15, 0.2) is 35.8 Å². The second kappa shape index (κ2) is 7.80. The van der Waals surface area contributed by atoms with Crippen LogP contribution in [0, 0.1) is 13.8 Å². The van der Waals surface area contributed by atoms with Gasteiger partial charge in [-0.25, -0.2) is 4.98 Å². The number of thiazole rings is 1. The Balaban J connectivity index is 1.56. The van der Waals surface area contributed by atoms with Crippen LogP contribution in [-0.2, 0) is 18.4 Å². The molecule has 1 N–H and O–H groups in total. The van der Waals surface area contributed by atoms with Gasteiger partial charge < -0.3 is 5.32 Å². The van der Waals surface area contributed by atoms with Gasteiger partial charge in [0.15, 0.2) is 5.13 Å². The molecule has 0 fully saturated rings. The number of benzene rings is 1. The molecule has 6 nitrogen and oxygen atoms in total. The number of nitrogens with one attached hydrogen (secondary N) is 1. The molecule has 3 rings (SSSR count). The molecule has 0 bridgehead atoms. The molecular weight excluding hydrogens is 346 g/mol. The molecule has 0 atom stereocenters.